The van der Waals surface area contributed by atoms with E-state index in [9.17, 15) is 4.79 Å². The van der Waals surface area contributed by atoms with Crippen LogP contribution in [0, 0.1) is 12.3 Å². The first-order chi connectivity index (χ1) is 12.7. The van der Waals surface area contributed by atoms with Gasteiger partial charge < -0.3 is 16.0 Å². The minimum Gasteiger partial charge on any atom is -0.356 e. The molecule has 27 heavy (non-hydrogen) atoms. The van der Waals surface area contributed by atoms with Gasteiger partial charge in [-0.1, -0.05) is 42.3 Å². The third-order valence-corrected chi connectivity index (χ3v) is 3.73. The van der Waals surface area contributed by atoms with Crippen molar-refractivity contribution in [1.29, 1.82) is 0 Å². The van der Waals surface area contributed by atoms with Crippen molar-refractivity contribution in [3.8, 4) is 12.3 Å². The summed E-state index contributed by atoms with van der Waals surface area (Å²) in [6.45, 7) is 0.902. The van der Waals surface area contributed by atoms with Crippen LogP contribution in [0.5, 0.6) is 0 Å². The third kappa shape index (κ3) is 8.60. The Morgan fingerprint density at radius 1 is 1.11 bits per heavy atom. The molecule has 0 fully saturated rings. The molecule has 0 aliphatic heterocycles. The van der Waals surface area contributed by atoms with E-state index in [1.165, 1.54) is 5.56 Å². The Balaban J connectivity index is 0.00000364. The maximum absolute atomic E-state index is 12.0. The van der Waals surface area contributed by atoms with Gasteiger partial charge in [-0.3, -0.25) is 9.79 Å². The van der Waals surface area contributed by atoms with Crippen molar-refractivity contribution in [3.05, 3.63) is 65.7 Å². The number of nitrogens with one attached hydrogen (secondary N) is 3. The van der Waals surface area contributed by atoms with Crippen LogP contribution in [0.4, 0.5) is 5.69 Å². The number of hydrogen-bond donors (Lipinski definition) is 3. The SMILES string of the molecule is C#Cc1cccc(NC(=O)CNC(=NC)NCCCc2ccccc2)c1.I. The highest BCUT2D eigenvalue weighted by Gasteiger charge is 2.04. The summed E-state index contributed by atoms with van der Waals surface area (Å²) < 4.78 is 0. The quantitative estimate of drug-likeness (QED) is 0.189. The van der Waals surface area contributed by atoms with Gasteiger partial charge in [0, 0.05) is 24.8 Å². The van der Waals surface area contributed by atoms with E-state index in [4.69, 9.17) is 6.42 Å². The summed E-state index contributed by atoms with van der Waals surface area (Å²) in [5, 5.41) is 9.02. The van der Waals surface area contributed by atoms with Gasteiger partial charge in [-0.15, -0.1) is 30.4 Å². The first-order valence-electron chi connectivity index (χ1n) is 8.56. The number of rotatable bonds is 7. The maximum atomic E-state index is 12.0. The third-order valence-electron chi connectivity index (χ3n) is 3.73. The van der Waals surface area contributed by atoms with E-state index in [1.807, 2.05) is 30.3 Å². The van der Waals surface area contributed by atoms with E-state index in [-0.39, 0.29) is 36.4 Å². The van der Waals surface area contributed by atoms with Crippen molar-refractivity contribution < 1.29 is 4.79 Å². The van der Waals surface area contributed by atoms with E-state index in [0.29, 0.717) is 11.6 Å². The fourth-order valence-corrected chi connectivity index (χ4v) is 2.42. The van der Waals surface area contributed by atoms with Crippen molar-refractivity contribution in [1.82, 2.24) is 10.6 Å². The fourth-order valence-electron chi connectivity index (χ4n) is 2.42. The maximum Gasteiger partial charge on any atom is 0.243 e. The van der Waals surface area contributed by atoms with Gasteiger partial charge in [-0.05, 0) is 36.6 Å². The summed E-state index contributed by atoms with van der Waals surface area (Å²) in [5.41, 5.74) is 2.72. The highest BCUT2D eigenvalue weighted by Crippen LogP contribution is 2.09. The second kappa shape index (κ2) is 12.8. The lowest BCUT2D eigenvalue weighted by Crippen LogP contribution is -2.41. The number of amides is 1. The lowest BCUT2D eigenvalue weighted by molar-refractivity contribution is -0.115. The number of hydrogen-bond acceptors (Lipinski definition) is 2. The summed E-state index contributed by atoms with van der Waals surface area (Å²) >= 11 is 0. The van der Waals surface area contributed by atoms with E-state index >= 15 is 0 Å². The summed E-state index contributed by atoms with van der Waals surface area (Å²) in [4.78, 5) is 16.2. The molecule has 0 aliphatic carbocycles. The molecule has 0 atom stereocenters. The molecular formula is C21H25IN4O. The normalized spacial score (nSPS) is 10.3. The Morgan fingerprint density at radius 3 is 2.59 bits per heavy atom. The molecule has 0 spiro atoms. The van der Waals surface area contributed by atoms with Crippen molar-refractivity contribution in [2.75, 3.05) is 25.5 Å². The standard InChI is InChI=1S/C21H24N4O.HI/c1-3-17-11-7-13-19(15-17)25-20(26)16-24-21(22-2)23-14-8-12-18-9-5-4-6-10-18;/h1,4-7,9-11,13,15H,8,12,14,16H2,2H3,(H,25,26)(H2,22,23,24);1H. The van der Waals surface area contributed by atoms with Gasteiger partial charge in [0.15, 0.2) is 5.96 Å². The van der Waals surface area contributed by atoms with E-state index < -0.39 is 0 Å². The van der Waals surface area contributed by atoms with Crippen molar-refractivity contribution in [2.45, 2.75) is 12.8 Å². The number of carbonyl (C=O) groups is 1. The molecule has 0 bridgehead atoms. The zero-order valence-corrected chi connectivity index (χ0v) is 17.7. The molecule has 0 radical (unpaired) electrons. The molecular weight excluding hydrogens is 451 g/mol. The number of carbonyl (C=O) groups excluding carboxylic acids is 1. The van der Waals surface area contributed by atoms with Gasteiger partial charge in [0.25, 0.3) is 0 Å². The topological polar surface area (TPSA) is 65.5 Å². The molecule has 0 heterocycles. The zero-order chi connectivity index (χ0) is 18.6. The summed E-state index contributed by atoms with van der Waals surface area (Å²) in [6.07, 6.45) is 7.34. The van der Waals surface area contributed by atoms with E-state index in [2.05, 4.69) is 39.0 Å². The largest absolute Gasteiger partial charge is 0.356 e. The van der Waals surface area contributed by atoms with Crippen LogP contribution in [0.3, 0.4) is 0 Å². The van der Waals surface area contributed by atoms with E-state index in [0.717, 1.165) is 24.9 Å². The summed E-state index contributed by atoms with van der Waals surface area (Å²) in [5.74, 6) is 2.99. The van der Waals surface area contributed by atoms with Crippen LogP contribution in [0.1, 0.15) is 17.5 Å². The van der Waals surface area contributed by atoms with Crippen LogP contribution in [-0.4, -0.2) is 32.0 Å². The number of halogens is 1. The minimum atomic E-state index is -0.161. The highest BCUT2D eigenvalue weighted by molar-refractivity contribution is 14.0. The average Bonchev–Trinajstić information content (AvgIpc) is 2.68. The Kier molecular flexibility index (Phi) is 10.6. The highest BCUT2D eigenvalue weighted by atomic mass is 127. The molecule has 0 saturated carbocycles. The van der Waals surface area contributed by atoms with Gasteiger partial charge >= 0.3 is 0 Å². The van der Waals surface area contributed by atoms with Gasteiger partial charge in [0.1, 0.15) is 0 Å². The molecule has 0 saturated heterocycles. The van der Waals surface area contributed by atoms with Crippen LogP contribution < -0.4 is 16.0 Å². The predicted molar refractivity (Wildman–Crippen MR) is 123 cm³/mol. The second-order valence-electron chi connectivity index (χ2n) is 5.72. The van der Waals surface area contributed by atoms with Gasteiger partial charge in [0.05, 0.1) is 6.54 Å². The van der Waals surface area contributed by atoms with Crippen LogP contribution in [-0.2, 0) is 11.2 Å². The molecule has 0 unspecified atom stereocenters. The molecule has 6 heteroatoms. The minimum absolute atomic E-state index is 0. The molecule has 142 valence electrons. The fraction of sp³-hybridized carbons (Fsp3) is 0.238. The molecule has 3 N–H and O–H groups in total. The number of anilines is 1. The number of terminal acetylenes is 1. The zero-order valence-electron chi connectivity index (χ0n) is 15.4. The lowest BCUT2D eigenvalue weighted by Gasteiger charge is -2.12. The van der Waals surface area contributed by atoms with Crippen LogP contribution in [0.15, 0.2) is 59.6 Å². The Bertz CT molecular complexity index is 784. The molecule has 2 aromatic carbocycles. The number of aryl methyl sites for hydroxylation is 1. The van der Waals surface area contributed by atoms with Crippen LogP contribution in [0.2, 0.25) is 0 Å². The van der Waals surface area contributed by atoms with Crippen molar-refractivity contribution in [2.24, 2.45) is 4.99 Å². The second-order valence-corrected chi connectivity index (χ2v) is 5.72. The van der Waals surface area contributed by atoms with Crippen molar-refractivity contribution >= 4 is 41.5 Å². The monoisotopic (exact) mass is 476 g/mol. The van der Waals surface area contributed by atoms with Gasteiger partial charge in [-0.25, -0.2) is 0 Å². The van der Waals surface area contributed by atoms with Gasteiger partial charge in [-0.2, -0.15) is 0 Å². The molecule has 0 aliphatic rings. The van der Waals surface area contributed by atoms with Crippen molar-refractivity contribution in [3.63, 3.8) is 0 Å². The molecule has 0 aromatic heterocycles. The lowest BCUT2D eigenvalue weighted by atomic mass is 10.1. The summed E-state index contributed by atoms with van der Waals surface area (Å²) in [7, 11) is 1.68. The Labute approximate surface area is 178 Å². The number of nitrogens with zero attached hydrogens (tertiary/aromatic N) is 1. The Hall–Kier alpha value is -2.53. The Morgan fingerprint density at radius 2 is 1.89 bits per heavy atom. The smallest absolute Gasteiger partial charge is 0.243 e. The van der Waals surface area contributed by atoms with Crippen LogP contribution >= 0.6 is 24.0 Å². The van der Waals surface area contributed by atoms with Crippen LogP contribution in [0.25, 0.3) is 0 Å². The first-order valence-corrected chi connectivity index (χ1v) is 8.56. The molecule has 1 amide bonds. The van der Waals surface area contributed by atoms with Gasteiger partial charge in [0.2, 0.25) is 5.91 Å². The predicted octanol–water partition coefficient (Wildman–Crippen LogP) is 3.02. The molecule has 2 aromatic rings. The number of benzene rings is 2. The molecule has 5 nitrogen and oxygen atoms in total. The van der Waals surface area contributed by atoms with E-state index in [1.54, 1.807) is 19.2 Å². The first kappa shape index (κ1) is 22.5. The molecule has 2 rings (SSSR count). The summed E-state index contributed by atoms with van der Waals surface area (Å²) in [6, 6.07) is 17.5. The number of guanidine groups is 1. The average molecular weight is 476 g/mol. The number of aliphatic imine (C=N–C) groups is 1.